The van der Waals surface area contributed by atoms with Gasteiger partial charge in [0, 0.05) is 0 Å². The summed E-state index contributed by atoms with van der Waals surface area (Å²) in [7, 11) is 0. The highest BCUT2D eigenvalue weighted by molar-refractivity contribution is 5.75. The van der Waals surface area contributed by atoms with Gasteiger partial charge < -0.3 is 9.47 Å². The lowest BCUT2D eigenvalue weighted by Crippen LogP contribution is -2.21. The monoisotopic (exact) mass is 344 g/mol. The van der Waals surface area contributed by atoms with Crippen LogP contribution in [-0.2, 0) is 16.0 Å². The molecule has 1 rings (SSSR count). The van der Waals surface area contributed by atoms with Gasteiger partial charge in [-0.1, -0.05) is 0 Å². The predicted octanol–water partition coefficient (Wildman–Crippen LogP) is 2.93. The van der Waals surface area contributed by atoms with Gasteiger partial charge in [-0.15, -0.1) is 13.2 Å². The first-order chi connectivity index (χ1) is 10.6. The van der Waals surface area contributed by atoms with E-state index in [2.05, 4.69) is 14.5 Å². The van der Waals surface area contributed by atoms with Gasteiger partial charge in [0.15, 0.2) is 5.75 Å². The standard InChI is InChI=1S/C11H9F5N2O5/c1-2-22-7(19)3-5-6(18(20)21)4-17-8(10(12)13)9(5)23-11(14,15)16/h4,10H,2-3H2,1H3. The summed E-state index contributed by atoms with van der Waals surface area (Å²) in [5.41, 5.74) is -3.52. The molecular formula is C11H9F5N2O5. The van der Waals surface area contributed by atoms with E-state index in [1.165, 1.54) is 6.92 Å². The molecular weight excluding hydrogens is 335 g/mol. The normalized spacial score (nSPS) is 11.4. The molecule has 12 heteroatoms. The predicted molar refractivity (Wildman–Crippen MR) is 62.9 cm³/mol. The summed E-state index contributed by atoms with van der Waals surface area (Å²) in [5.74, 6) is -2.72. The van der Waals surface area contributed by atoms with Crippen LogP contribution >= 0.6 is 0 Å². The summed E-state index contributed by atoms with van der Waals surface area (Å²) in [6.45, 7) is 1.23. The number of alkyl halides is 5. The van der Waals surface area contributed by atoms with E-state index in [0.29, 0.717) is 6.20 Å². The van der Waals surface area contributed by atoms with Crippen LogP contribution in [0.3, 0.4) is 0 Å². The van der Waals surface area contributed by atoms with Crippen molar-refractivity contribution in [1.82, 2.24) is 4.98 Å². The summed E-state index contributed by atoms with van der Waals surface area (Å²) >= 11 is 0. The minimum Gasteiger partial charge on any atom is -0.466 e. The maximum atomic E-state index is 12.8. The van der Waals surface area contributed by atoms with E-state index in [1.807, 2.05) is 0 Å². The zero-order chi connectivity index (χ0) is 17.8. The van der Waals surface area contributed by atoms with Crippen molar-refractivity contribution < 1.29 is 41.1 Å². The Hall–Kier alpha value is -2.53. The number of ether oxygens (including phenoxy) is 2. The van der Waals surface area contributed by atoms with Gasteiger partial charge in [0.25, 0.3) is 12.1 Å². The van der Waals surface area contributed by atoms with E-state index in [0.717, 1.165) is 0 Å². The molecule has 0 N–H and O–H groups in total. The molecule has 0 radical (unpaired) electrons. The lowest BCUT2D eigenvalue weighted by molar-refractivity contribution is -0.386. The highest BCUT2D eigenvalue weighted by Crippen LogP contribution is 2.38. The maximum absolute atomic E-state index is 12.8. The molecule has 23 heavy (non-hydrogen) atoms. The van der Waals surface area contributed by atoms with Gasteiger partial charge in [-0.2, -0.15) is 0 Å². The Morgan fingerprint density at radius 3 is 2.48 bits per heavy atom. The molecule has 0 aromatic carbocycles. The molecule has 0 saturated heterocycles. The fourth-order valence-electron chi connectivity index (χ4n) is 1.61. The Balaban J connectivity index is 3.52. The number of pyridine rings is 1. The molecule has 0 saturated carbocycles. The van der Waals surface area contributed by atoms with Crippen molar-refractivity contribution in [3.8, 4) is 5.75 Å². The molecule has 0 atom stereocenters. The first kappa shape index (κ1) is 18.5. The number of carbonyl (C=O) groups is 1. The van der Waals surface area contributed by atoms with Gasteiger partial charge in [0.2, 0.25) is 0 Å². The number of rotatable bonds is 6. The van der Waals surface area contributed by atoms with Gasteiger partial charge >= 0.3 is 12.3 Å². The number of carbonyl (C=O) groups excluding carboxylic acids is 1. The first-order valence-corrected chi connectivity index (χ1v) is 5.92. The Labute approximate surface area is 125 Å². The van der Waals surface area contributed by atoms with E-state index in [1.54, 1.807) is 0 Å². The molecule has 128 valence electrons. The van der Waals surface area contributed by atoms with E-state index in [4.69, 9.17) is 0 Å². The quantitative estimate of drug-likeness (QED) is 0.341. The van der Waals surface area contributed by atoms with Crippen molar-refractivity contribution in [2.75, 3.05) is 6.61 Å². The third-order valence-corrected chi connectivity index (χ3v) is 2.39. The SMILES string of the molecule is CCOC(=O)Cc1c([N+](=O)[O-])cnc(C(F)F)c1OC(F)(F)F. The minimum atomic E-state index is -5.41. The topological polar surface area (TPSA) is 91.6 Å². The van der Waals surface area contributed by atoms with Gasteiger partial charge in [-0.25, -0.2) is 13.8 Å². The average molecular weight is 344 g/mol. The van der Waals surface area contributed by atoms with Crippen molar-refractivity contribution in [3.63, 3.8) is 0 Å². The maximum Gasteiger partial charge on any atom is 0.573 e. The Kier molecular flexibility index (Phi) is 5.76. The largest absolute Gasteiger partial charge is 0.573 e. The molecule has 1 heterocycles. The third kappa shape index (κ3) is 5.00. The summed E-state index contributed by atoms with van der Waals surface area (Å²) < 4.78 is 70.7. The van der Waals surface area contributed by atoms with Crippen LogP contribution in [0.5, 0.6) is 5.75 Å². The lowest BCUT2D eigenvalue weighted by Gasteiger charge is -2.16. The highest BCUT2D eigenvalue weighted by atomic mass is 19.4. The third-order valence-electron chi connectivity index (χ3n) is 2.39. The van der Waals surface area contributed by atoms with Crippen LogP contribution < -0.4 is 4.74 Å². The molecule has 1 aromatic rings. The van der Waals surface area contributed by atoms with E-state index >= 15 is 0 Å². The molecule has 0 aliphatic rings. The molecule has 0 amide bonds. The second kappa shape index (κ2) is 7.15. The smallest absolute Gasteiger partial charge is 0.466 e. The van der Waals surface area contributed by atoms with Crippen LogP contribution in [0.4, 0.5) is 27.6 Å². The van der Waals surface area contributed by atoms with Gasteiger partial charge in [0.1, 0.15) is 11.9 Å². The van der Waals surface area contributed by atoms with Crippen LogP contribution in [0.15, 0.2) is 6.20 Å². The lowest BCUT2D eigenvalue weighted by atomic mass is 10.1. The van der Waals surface area contributed by atoms with Crippen molar-refractivity contribution in [2.45, 2.75) is 26.1 Å². The summed E-state index contributed by atoms with van der Waals surface area (Å²) in [6, 6.07) is 0. The van der Waals surface area contributed by atoms with Crippen molar-refractivity contribution in [2.24, 2.45) is 0 Å². The number of nitro groups is 1. The van der Waals surface area contributed by atoms with Gasteiger partial charge in [0.05, 0.1) is 23.5 Å². The number of esters is 1. The second-order valence-corrected chi connectivity index (χ2v) is 3.92. The molecule has 0 aliphatic heterocycles. The van der Waals surface area contributed by atoms with Crippen molar-refractivity contribution in [1.29, 1.82) is 0 Å². The second-order valence-electron chi connectivity index (χ2n) is 3.92. The number of halogens is 5. The number of hydrogen-bond acceptors (Lipinski definition) is 6. The van der Waals surface area contributed by atoms with Crippen LogP contribution in [0, 0.1) is 10.1 Å². The zero-order valence-corrected chi connectivity index (χ0v) is 11.4. The van der Waals surface area contributed by atoms with Crippen LogP contribution in [0.2, 0.25) is 0 Å². The Morgan fingerprint density at radius 1 is 1.43 bits per heavy atom. The summed E-state index contributed by atoms with van der Waals surface area (Å²) in [4.78, 5) is 24.0. The zero-order valence-electron chi connectivity index (χ0n) is 11.4. The van der Waals surface area contributed by atoms with Crippen LogP contribution in [0.1, 0.15) is 24.6 Å². The number of nitrogens with zero attached hydrogens (tertiary/aromatic N) is 2. The van der Waals surface area contributed by atoms with Gasteiger partial charge in [-0.05, 0) is 6.92 Å². The summed E-state index contributed by atoms with van der Waals surface area (Å²) in [5, 5.41) is 10.8. The van der Waals surface area contributed by atoms with Crippen LogP contribution in [0.25, 0.3) is 0 Å². The molecule has 0 unspecified atom stereocenters. The fraction of sp³-hybridized carbons (Fsp3) is 0.455. The van der Waals surface area contributed by atoms with Crippen molar-refractivity contribution >= 4 is 11.7 Å². The van der Waals surface area contributed by atoms with E-state index < -0.39 is 52.8 Å². The molecule has 0 bridgehead atoms. The Morgan fingerprint density at radius 2 is 2.04 bits per heavy atom. The fourth-order valence-corrected chi connectivity index (χ4v) is 1.61. The summed E-state index contributed by atoms with van der Waals surface area (Å²) in [6.07, 6.45) is -9.64. The van der Waals surface area contributed by atoms with Crippen molar-refractivity contribution in [3.05, 3.63) is 27.6 Å². The molecule has 0 spiro atoms. The Bertz CT molecular complexity index is 605. The molecule has 7 nitrogen and oxygen atoms in total. The first-order valence-electron chi connectivity index (χ1n) is 5.92. The van der Waals surface area contributed by atoms with Gasteiger partial charge in [-0.3, -0.25) is 14.9 Å². The number of hydrogen-bond donors (Lipinski definition) is 0. The molecule has 1 aromatic heterocycles. The highest BCUT2D eigenvalue weighted by Gasteiger charge is 2.38. The van der Waals surface area contributed by atoms with E-state index in [-0.39, 0.29) is 6.61 Å². The number of aromatic nitrogens is 1. The minimum absolute atomic E-state index is 0.158. The van der Waals surface area contributed by atoms with Crippen LogP contribution in [-0.4, -0.2) is 28.8 Å². The average Bonchev–Trinajstić information content (AvgIpc) is 2.38. The molecule has 0 fully saturated rings. The molecule has 0 aliphatic carbocycles. The van der Waals surface area contributed by atoms with E-state index in [9.17, 15) is 36.9 Å².